The minimum atomic E-state index is -0.864. The number of carbonyl (C=O) groups excluding carboxylic acids is 1. The van der Waals surface area contributed by atoms with Crippen molar-refractivity contribution in [3.63, 3.8) is 0 Å². The summed E-state index contributed by atoms with van der Waals surface area (Å²) in [5.74, 6) is 1.02. The molecule has 5 rings (SSSR count). The Bertz CT molecular complexity index is 1260. The summed E-state index contributed by atoms with van der Waals surface area (Å²) in [5, 5.41) is 0.270. The molecule has 6 nitrogen and oxygen atoms in total. The molecule has 8 heteroatoms. The van der Waals surface area contributed by atoms with Gasteiger partial charge in [-0.25, -0.2) is 4.39 Å². The van der Waals surface area contributed by atoms with Gasteiger partial charge in [0.25, 0.3) is 5.91 Å². The summed E-state index contributed by atoms with van der Waals surface area (Å²) in [6.45, 7) is 1.93. The summed E-state index contributed by atoms with van der Waals surface area (Å²) in [5.41, 5.74) is 1.03. The number of hydrogen-bond acceptors (Lipinski definition) is 5. The number of hydrogen-bond donors (Lipinski definition) is 0. The molecule has 1 saturated heterocycles. The van der Waals surface area contributed by atoms with Crippen LogP contribution in [0.25, 0.3) is 0 Å². The van der Waals surface area contributed by atoms with Gasteiger partial charge in [-0.1, -0.05) is 18.2 Å². The topological polar surface area (TPSA) is 51.2 Å². The lowest BCUT2D eigenvalue weighted by Gasteiger charge is -2.55. The molecule has 174 valence electrons. The van der Waals surface area contributed by atoms with E-state index in [2.05, 4.69) is 0 Å². The number of para-hydroxylation sites is 1. The molecular weight excluding hydrogens is 455 g/mol. The van der Waals surface area contributed by atoms with E-state index >= 15 is 0 Å². The Hall–Kier alpha value is -3.65. The maximum atomic E-state index is 14.0. The van der Waals surface area contributed by atoms with Crippen LogP contribution in [-0.4, -0.2) is 35.9 Å². The van der Waals surface area contributed by atoms with E-state index in [4.69, 9.17) is 26.4 Å². The number of amides is 1. The summed E-state index contributed by atoms with van der Waals surface area (Å²) < 4.78 is 30.9. The molecule has 0 unspecified atom stereocenters. The first kappa shape index (κ1) is 22.2. The molecule has 2 aliphatic heterocycles. The molecule has 1 amide bonds. The maximum absolute atomic E-state index is 14.0. The molecule has 1 fully saturated rings. The number of methoxy groups -OCH3 is 2. The van der Waals surface area contributed by atoms with Crippen molar-refractivity contribution in [2.45, 2.75) is 25.1 Å². The van der Waals surface area contributed by atoms with Crippen LogP contribution in [0.3, 0.4) is 0 Å². The van der Waals surface area contributed by atoms with Gasteiger partial charge < -0.3 is 14.2 Å². The number of fused-ring (bicyclic) bond motifs is 4. The zero-order valence-corrected chi connectivity index (χ0v) is 19.8. The zero-order chi connectivity index (χ0) is 24.0. The summed E-state index contributed by atoms with van der Waals surface area (Å²) >= 11 is 5.91. The van der Waals surface area contributed by atoms with Gasteiger partial charge in [-0.3, -0.25) is 14.6 Å². The number of ether oxygens (including phenoxy) is 3. The van der Waals surface area contributed by atoms with Crippen LogP contribution in [0.4, 0.5) is 10.1 Å². The summed E-state index contributed by atoms with van der Waals surface area (Å²) in [7, 11) is 3.07. The fourth-order valence-corrected chi connectivity index (χ4v) is 5.19. The van der Waals surface area contributed by atoms with E-state index in [9.17, 15) is 9.18 Å². The molecule has 3 aromatic rings. The lowest BCUT2D eigenvalue weighted by atomic mass is 9.88. The van der Waals surface area contributed by atoms with Crippen LogP contribution in [-0.2, 0) is 0 Å². The minimum Gasteiger partial charge on any atom is -0.497 e. The van der Waals surface area contributed by atoms with Gasteiger partial charge in [0.05, 0.1) is 20.3 Å². The first-order chi connectivity index (χ1) is 16.3. The average molecular weight is 479 g/mol. The first-order valence-corrected chi connectivity index (χ1v) is 11.2. The largest absolute Gasteiger partial charge is 0.497 e. The van der Waals surface area contributed by atoms with Crippen LogP contribution in [0.1, 0.15) is 35.3 Å². The van der Waals surface area contributed by atoms with Gasteiger partial charge in [-0.2, -0.15) is 0 Å². The van der Waals surface area contributed by atoms with E-state index in [1.165, 1.54) is 26.4 Å². The van der Waals surface area contributed by atoms with Crippen molar-refractivity contribution in [1.82, 2.24) is 4.90 Å². The molecule has 2 bridgehead atoms. The van der Waals surface area contributed by atoms with Crippen molar-refractivity contribution < 1.29 is 23.4 Å². The van der Waals surface area contributed by atoms with Crippen molar-refractivity contribution in [3.8, 4) is 17.2 Å². The molecular formula is C26H23FN2O4S. The Morgan fingerprint density at radius 2 is 1.71 bits per heavy atom. The molecule has 0 radical (unpaired) electrons. The third-order valence-electron chi connectivity index (χ3n) is 6.26. The number of nitrogens with zero attached hydrogens (tertiary/aromatic N) is 2. The molecule has 0 aliphatic carbocycles. The van der Waals surface area contributed by atoms with Crippen molar-refractivity contribution in [2.24, 2.45) is 0 Å². The molecule has 34 heavy (non-hydrogen) atoms. The van der Waals surface area contributed by atoms with Crippen LogP contribution in [0.15, 0.2) is 66.7 Å². The van der Waals surface area contributed by atoms with Crippen LogP contribution in [0.5, 0.6) is 17.2 Å². The van der Waals surface area contributed by atoms with Gasteiger partial charge >= 0.3 is 0 Å². The van der Waals surface area contributed by atoms with Crippen molar-refractivity contribution >= 4 is 28.9 Å². The number of rotatable bonds is 4. The van der Waals surface area contributed by atoms with Crippen molar-refractivity contribution in [3.05, 3.63) is 83.7 Å². The summed E-state index contributed by atoms with van der Waals surface area (Å²) in [6, 6.07) is 18.3. The monoisotopic (exact) mass is 478 g/mol. The van der Waals surface area contributed by atoms with Crippen LogP contribution >= 0.6 is 12.2 Å². The number of halogens is 1. The fourth-order valence-electron chi connectivity index (χ4n) is 4.68. The van der Waals surface area contributed by atoms with Gasteiger partial charge in [0.2, 0.25) is 0 Å². The van der Waals surface area contributed by atoms with E-state index in [1.54, 1.807) is 40.1 Å². The van der Waals surface area contributed by atoms with Gasteiger partial charge in [0.15, 0.2) is 10.8 Å². The molecule has 2 heterocycles. The predicted octanol–water partition coefficient (Wildman–Crippen LogP) is 5.33. The van der Waals surface area contributed by atoms with E-state index < -0.39 is 5.72 Å². The van der Waals surface area contributed by atoms with Crippen LogP contribution in [0, 0.1) is 5.82 Å². The highest BCUT2D eigenvalue weighted by Crippen LogP contribution is 2.49. The normalized spacial score (nSPS) is 20.9. The number of benzene rings is 3. The quantitative estimate of drug-likeness (QED) is 0.473. The second kappa shape index (κ2) is 8.29. The van der Waals surface area contributed by atoms with Crippen molar-refractivity contribution in [2.75, 3.05) is 19.1 Å². The Balaban J connectivity index is 1.66. The van der Waals surface area contributed by atoms with Gasteiger partial charge in [0, 0.05) is 29.3 Å². The van der Waals surface area contributed by atoms with E-state index in [0.29, 0.717) is 34.9 Å². The minimum absolute atomic E-state index is 0.270. The maximum Gasteiger partial charge on any atom is 0.260 e. The third kappa shape index (κ3) is 3.54. The van der Waals surface area contributed by atoms with E-state index in [-0.39, 0.29) is 22.9 Å². The molecule has 2 atom stereocenters. The smallest absolute Gasteiger partial charge is 0.260 e. The Kier molecular flexibility index (Phi) is 5.40. The number of thiocarbonyl (C=S) groups is 1. The van der Waals surface area contributed by atoms with Gasteiger partial charge in [0.1, 0.15) is 23.1 Å². The second-order valence-corrected chi connectivity index (χ2v) is 8.77. The number of carbonyl (C=O) groups is 1. The van der Waals surface area contributed by atoms with E-state index in [1.807, 2.05) is 31.2 Å². The molecule has 3 aromatic carbocycles. The SMILES string of the molecule is COc1cc(OC)cc(C(=O)N2C(=S)N(c3ccc(F)cc3)[C@]3(C)C[C@H]2c2ccccc2O3)c1. The average Bonchev–Trinajstić information content (AvgIpc) is 2.84. The van der Waals surface area contributed by atoms with Crippen LogP contribution < -0.4 is 19.1 Å². The summed E-state index contributed by atoms with van der Waals surface area (Å²) in [4.78, 5) is 17.4. The number of anilines is 1. The molecule has 0 N–H and O–H groups in total. The molecule has 0 saturated carbocycles. The highest BCUT2D eigenvalue weighted by Gasteiger charge is 2.53. The molecule has 2 aliphatic rings. The Labute approximate surface area is 202 Å². The molecule has 0 spiro atoms. The summed E-state index contributed by atoms with van der Waals surface area (Å²) in [6.07, 6.45) is 0.467. The molecule has 0 aromatic heterocycles. The highest BCUT2D eigenvalue weighted by molar-refractivity contribution is 7.80. The Morgan fingerprint density at radius 1 is 1.06 bits per heavy atom. The fraction of sp³-hybridized carbons (Fsp3) is 0.231. The zero-order valence-electron chi connectivity index (χ0n) is 18.9. The second-order valence-electron chi connectivity index (χ2n) is 8.41. The predicted molar refractivity (Wildman–Crippen MR) is 130 cm³/mol. The Morgan fingerprint density at radius 3 is 2.35 bits per heavy atom. The lowest BCUT2D eigenvalue weighted by molar-refractivity contribution is 0.0183. The standard InChI is InChI=1S/C26H23FN2O4S/c1-26-15-22(21-6-4-5-7-23(21)33-26)28(25(34)29(26)18-10-8-17(27)9-11-18)24(30)16-12-19(31-2)14-20(13-16)32-3/h4-14,22H,15H2,1-3H3/t22-,26-/m0/s1. The van der Waals surface area contributed by atoms with Crippen LogP contribution in [0.2, 0.25) is 0 Å². The van der Waals surface area contributed by atoms with Gasteiger partial charge in [-0.15, -0.1) is 0 Å². The highest BCUT2D eigenvalue weighted by atomic mass is 32.1. The van der Waals surface area contributed by atoms with Crippen molar-refractivity contribution in [1.29, 1.82) is 0 Å². The lowest BCUT2D eigenvalue weighted by Crippen LogP contribution is -2.67. The third-order valence-corrected chi connectivity index (χ3v) is 6.64. The van der Waals surface area contributed by atoms with E-state index in [0.717, 1.165) is 5.56 Å². The van der Waals surface area contributed by atoms with Gasteiger partial charge in [-0.05, 0) is 61.6 Å². The first-order valence-electron chi connectivity index (χ1n) is 10.8.